The molecule has 2 saturated carbocycles. The van der Waals surface area contributed by atoms with E-state index in [1.807, 2.05) is 0 Å². The van der Waals surface area contributed by atoms with Crippen molar-refractivity contribution in [2.24, 2.45) is 10.8 Å². The van der Waals surface area contributed by atoms with Crippen LogP contribution in [0.2, 0.25) is 0 Å². The van der Waals surface area contributed by atoms with Crippen LogP contribution in [0.5, 0.6) is 0 Å². The van der Waals surface area contributed by atoms with E-state index in [0.717, 1.165) is 19.3 Å². The van der Waals surface area contributed by atoms with E-state index < -0.39 is 0 Å². The van der Waals surface area contributed by atoms with E-state index in [-0.39, 0.29) is 5.41 Å². The van der Waals surface area contributed by atoms with Gasteiger partial charge in [0.25, 0.3) is 0 Å². The minimum absolute atomic E-state index is 0.0301. The van der Waals surface area contributed by atoms with Crippen molar-refractivity contribution in [2.75, 3.05) is 0 Å². The van der Waals surface area contributed by atoms with Gasteiger partial charge in [-0.1, -0.05) is 32.0 Å². The van der Waals surface area contributed by atoms with E-state index in [1.54, 1.807) is 5.56 Å². The number of hydrogen-bond donors (Lipinski definition) is 0. The van der Waals surface area contributed by atoms with Crippen molar-refractivity contribution < 1.29 is 4.79 Å². The van der Waals surface area contributed by atoms with Gasteiger partial charge in [0, 0.05) is 11.8 Å². The van der Waals surface area contributed by atoms with Crippen molar-refractivity contribution in [3.63, 3.8) is 0 Å². The summed E-state index contributed by atoms with van der Waals surface area (Å²) in [5.74, 6) is 1.69. The van der Waals surface area contributed by atoms with Gasteiger partial charge in [-0.25, -0.2) is 0 Å². The van der Waals surface area contributed by atoms with Crippen LogP contribution in [-0.4, -0.2) is 5.78 Å². The second-order valence-corrected chi connectivity index (χ2v) is 7.59. The summed E-state index contributed by atoms with van der Waals surface area (Å²) in [4.78, 5) is 12.6. The molecule has 2 fully saturated rings. The van der Waals surface area contributed by atoms with Crippen LogP contribution in [0.4, 0.5) is 0 Å². The molecule has 0 amide bonds. The number of hydrogen-bond acceptors (Lipinski definition) is 1. The molecule has 1 heteroatoms. The number of rotatable bonds is 0. The summed E-state index contributed by atoms with van der Waals surface area (Å²) in [7, 11) is 0. The summed E-state index contributed by atoms with van der Waals surface area (Å²) < 4.78 is 0. The summed E-state index contributed by atoms with van der Waals surface area (Å²) in [6.45, 7) is 6.88. The highest BCUT2D eigenvalue weighted by Crippen LogP contribution is 2.69. The van der Waals surface area contributed by atoms with Crippen molar-refractivity contribution in [2.45, 2.75) is 58.3 Å². The number of carbonyl (C=O) groups is 1. The molecule has 3 aliphatic rings. The quantitative estimate of drug-likeness (QED) is 0.673. The Morgan fingerprint density at radius 3 is 2.79 bits per heavy atom. The maximum Gasteiger partial charge on any atom is 0.139 e. The molecule has 0 heterocycles. The number of ketones is 1. The van der Waals surface area contributed by atoms with Gasteiger partial charge in [-0.3, -0.25) is 4.79 Å². The summed E-state index contributed by atoms with van der Waals surface area (Å²) in [5.41, 5.74) is 4.78. The summed E-state index contributed by atoms with van der Waals surface area (Å²) >= 11 is 0. The Kier molecular flexibility index (Phi) is 2.04. The van der Waals surface area contributed by atoms with Gasteiger partial charge in [0.2, 0.25) is 0 Å². The lowest BCUT2D eigenvalue weighted by molar-refractivity contribution is -0.139. The van der Waals surface area contributed by atoms with Gasteiger partial charge < -0.3 is 0 Å². The molecule has 0 aromatic heterocycles. The van der Waals surface area contributed by atoms with Gasteiger partial charge in [0.1, 0.15) is 5.78 Å². The average Bonchev–Trinajstić information content (AvgIpc) is 2.61. The lowest BCUT2D eigenvalue weighted by Crippen LogP contribution is -2.48. The highest BCUT2D eigenvalue weighted by molar-refractivity contribution is 5.87. The smallest absolute Gasteiger partial charge is 0.139 e. The maximum absolute atomic E-state index is 12.6. The molecule has 0 spiro atoms. The van der Waals surface area contributed by atoms with Crippen LogP contribution in [0.3, 0.4) is 0 Å². The van der Waals surface area contributed by atoms with Crippen molar-refractivity contribution in [3.8, 4) is 0 Å². The van der Waals surface area contributed by atoms with Gasteiger partial charge >= 0.3 is 0 Å². The number of carbonyl (C=O) groups excluding carboxylic acids is 1. The average molecular weight is 254 g/mol. The minimum Gasteiger partial charge on any atom is -0.299 e. The maximum atomic E-state index is 12.6. The Morgan fingerprint density at radius 2 is 2.00 bits per heavy atom. The lowest BCUT2D eigenvalue weighted by Gasteiger charge is -2.53. The normalized spacial score (nSPS) is 43.2. The van der Waals surface area contributed by atoms with Crippen molar-refractivity contribution in [1.29, 1.82) is 0 Å². The molecule has 0 N–H and O–H groups in total. The Hall–Kier alpha value is -1.11. The van der Waals surface area contributed by atoms with Crippen LogP contribution in [-0.2, 0) is 4.79 Å². The molecule has 1 aromatic rings. The molecule has 0 aliphatic heterocycles. The Bertz CT molecular complexity index is 587. The molecule has 0 radical (unpaired) electrons. The molecular weight excluding hydrogens is 232 g/mol. The first kappa shape index (κ1) is 11.7. The third kappa shape index (κ3) is 1.24. The summed E-state index contributed by atoms with van der Waals surface area (Å²) in [6, 6.07) is 6.74. The molecule has 19 heavy (non-hydrogen) atoms. The van der Waals surface area contributed by atoms with Crippen LogP contribution in [0, 0.1) is 17.8 Å². The summed E-state index contributed by atoms with van der Waals surface area (Å²) in [5, 5.41) is 0. The van der Waals surface area contributed by atoms with Gasteiger partial charge in [-0.2, -0.15) is 0 Å². The standard InChI is InChI=1S/C18H22O/c1-11-5-4-6-12-13-7-8-17(2)10-18(13,3)14(16(11)12)9-15(17)19/h4-6,13-14H,7-10H2,1-3H3/t13?,14?,17-,18+/m0/s1. The molecular formula is C18H22O. The molecule has 4 rings (SSSR count). The van der Waals surface area contributed by atoms with E-state index in [9.17, 15) is 4.79 Å². The Morgan fingerprint density at radius 1 is 1.21 bits per heavy atom. The third-order valence-corrected chi connectivity index (χ3v) is 6.49. The molecule has 2 bridgehead atoms. The number of fused-ring (bicyclic) bond motifs is 4. The van der Waals surface area contributed by atoms with E-state index in [2.05, 4.69) is 39.0 Å². The van der Waals surface area contributed by atoms with E-state index in [0.29, 0.717) is 23.0 Å². The van der Waals surface area contributed by atoms with Crippen molar-refractivity contribution >= 4 is 5.78 Å². The third-order valence-electron chi connectivity index (χ3n) is 6.49. The zero-order valence-corrected chi connectivity index (χ0v) is 12.1. The summed E-state index contributed by atoms with van der Waals surface area (Å²) in [6.07, 6.45) is 4.17. The fourth-order valence-corrected chi connectivity index (χ4v) is 5.54. The SMILES string of the molecule is Cc1cccc2c1C1CC(=O)[C@@]3(C)CCC2[C@@]1(C)C3. The minimum atomic E-state index is -0.0301. The monoisotopic (exact) mass is 254 g/mol. The zero-order valence-electron chi connectivity index (χ0n) is 12.1. The lowest BCUT2D eigenvalue weighted by atomic mass is 9.50. The fraction of sp³-hybridized carbons (Fsp3) is 0.611. The van der Waals surface area contributed by atoms with E-state index >= 15 is 0 Å². The first-order valence-corrected chi connectivity index (χ1v) is 7.58. The van der Waals surface area contributed by atoms with Crippen molar-refractivity contribution in [1.82, 2.24) is 0 Å². The van der Waals surface area contributed by atoms with Crippen LogP contribution in [0.25, 0.3) is 0 Å². The Balaban J connectivity index is 1.96. The molecule has 1 aromatic carbocycles. The highest BCUT2D eigenvalue weighted by Gasteiger charge is 2.61. The van der Waals surface area contributed by atoms with E-state index in [1.165, 1.54) is 17.5 Å². The number of aryl methyl sites for hydroxylation is 1. The predicted molar refractivity (Wildman–Crippen MR) is 76.4 cm³/mol. The zero-order chi connectivity index (χ0) is 13.4. The van der Waals surface area contributed by atoms with Gasteiger partial charge in [-0.05, 0) is 60.1 Å². The first-order valence-electron chi connectivity index (χ1n) is 7.58. The largest absolute Gasteiger partial charge is 0.299 e. The number of benzene rings is 1. The van der Waals surface area contributed by atoms with Gasteiger partial charge in [0.15, 0.2) is 0 Å². The fourth-order valence-electron chi connectivity index (χ4n) is 5.54. The van der Waals surface area contributed by atoms with E-state index in [4.69, 9.17) is 0 Å². The first-order chi connectivity index (χ1) is 8.96. The van der Waals surface area contributed by atoms with Gasteiger partial charge in [0.05, 0.1) is 0 Å². The van der Waals surface area contributed by atoms with Crippen LogP contribution >= 0.6 is 0 Å². The van der Waals surface area contributed by atoms with Crippen molar-refractivity contribution in [3.05, 3.63) is 34.9 Å². The van der Waals surface area contributed by atoms with Crippen LogP contribution < -0.4 is 0 Å². The molecule has 3 aliphatic carbocycles. The van der Waals surface area contributed by atoms with Crippen LogP contribution in [0.1, 0.15) is 68.1 Å². The molecule has 0 saturated heterocycles. The highest BCUT2D eigenvalue weighted by atomic mass is 16.1. The molecule has 4 atom stereocenters. The molecule has 1 nitrogen and oxygen atoms in total. The topological polar surface area (TPSA) is 17.1 Å². The van der Waals surface area contributed by atoms with Gasteiger partial charge in [-0.15, -0.1) is 0 Å². The molecule has 100 valence electrons. The van der Waals surface area contributed by atoms with Crippen LogP contribution in [0.15, 0.2) is 18.2 Å². The Labute approximate surface area is 115 Å². The predicted octanol–water partition coefficient (Wildman–Crippen LogP) is 4.35. The second-order valence-electron chi connectivity index (χ2n) is 7.59. The second kappa shape index (κ2) is 3.31. The number of Topliss-reactive ketones (excluding diaryl/α,β-unsaturated/α-hetero) is 1. The molecule has 2 unspecified atom stereocenters.